The molecule has 3 N–H and O–H groups in total. The Hall–Kier alpha value is -0.690. The van der Waals surface area contributed by atoms with Crippen molar-refractivity contribution in [3.8, 4) is 0 Å². The van der Waals surface area contributed by atoms with Crippen molar-refractivity contribution < 1.29 is 9.53 Å². The molecule has 0 aromatic rings. The number of carbonyl (C=O) groups is 1. The highest BCUT2D eigenvalue weighted by Gasteiger charge is 2.33. The molecule has 0 bridgehead atoms. The summed E-state index contributed by atoms with van der Waals surface area (Å²) in [5, 5.41) is 3.23. The predicted octanol–water partition coefficient (Wildman–Crippen LogP) is -0.363. The fourth-order valence-corrected chi connectivity index (χ4v) is 3.33. The number of hydrogen-bond acceptors (Lipinski definition) is 5. The molecule has 2 rings (SSSR count). The lowest BCUT2D eigenvalue weighted by atomic mass is 9.96. The molecule has 0 aromatic carbocycles. The van der Waals surface area contributed by atoms with Crippen LogP contribution < -0.4 is 11.1 Å². The standard InChI is InChI=1S/C15H30N4O2/c1-3-17-15(2,14(16)20)5-7-18-6-4-13(12-18)19-8-10-21-11-9-19/h13,17H,3-12H2,1-2H3,(H2,16,20). The van der Waals surface area contributed by atoms with Crippen LogP contribution in [0.4, 0.5) is 0 Å². The molecular formula is C15H30N4O2. The van der Waals surface area contributed by atoms with E-state index in [9.17, 15) is 4.79 Å². The lowest BCUT2D eigenvalue weighted by Crippen LogP contribution is -2.54. The summed E-state index contributed by atoms with van der Waals surface area (Å²) in [4.78, 5) is 16.6. The van der Waals surface area contributed by atoms with Gasteiger partial charge in [0.2, 0.25) is 5.91 Å². The van der Waals surface area contributed by atoms with E-state index in [2.05, 4.69) is 15.1 Å². The minimum absolute atomic E-state index is 0.256. The molecule has 2 saturated heterocycles. The molecule has 122 valence electrons. The first-order chi connectivity index (χ1) is 10.0. The van der Waals surface area contributed by atoms with Gasteiger partial charge in [-0.1, -0.05) is 6.92 Å². The first-order valence-corrected chi connectivity index (χ1v) is 8.14. The Morgan fingerprint density at radius 1 is 1.38 bits per heavy atom. The molecule has 2 heterocycles. The van der Waals surface area contributed by atoms with Gasteiger partial charge in [-0.3, -0.25) is 9.69 Å². The molecular weight excluding hydrogens is 268 g/mol. The predicted molar refractivity (Wildman–Crippen MR) is 83.1 cm³/mol. The van der Waals surface area contributed by atoms with Crippen molar-refractivity contribution >= 4 is 5.91 Å². The minimum Gasteiger partial charge on any atom is -0.379 e. The second kappa shape index (κ2) is 7.54. The fraction of sp³-hybridized carbons (Fsp3) is 0.933. The zero-order chi connectivity index (χ0) is 15.3. The Kier molecular flexibility index (Phi) is 5.98. The smallest absolute Gasteiger partial charge is 0.237 e. The summed E-state index contributed by atoms with van der Waals surface area (Å²) >= 11 is 0. The molecule has 2 aliphatic heterocycles. The van der Waals surface area contributed by atoms with Gasteiger partial charge in [-0.05, 0) is 32.9 Å². The maximum atomic E-state index is 11.6. The molecule has 1 amide bonds. The molecule has 2 fully saturated rings. The van der Waals surface area contributed by atoms with Gasteiger partial charge in [0, 0.05) is 32.2 Å². The Morgan fingerprint density at radius 2 is 2.10 bits per heavy atom. The summed E-state index contributed by atoms with van der Waals surface area (Å²) in [5.74, 6) is -0.256. The zero-order valence-corrected chi connectivity index (χ0v) is 13.4. The lowest BCUT2D eigenvalue weighted by molar-refractivity contribution is -0.124. The van der Waals surface area contributed by atoms with Crippen molar-refractivity contribution in [2.45, 2.75) is 38.3 Å². The average Bonchev–Trinajstić information content (AvgIpc) is 2.95. The Morgan fingerprint density at radius 3 is 2.71 bits per heavy atom. The van der Waals surface area contributed by atoms with Crippen LogP contribution in [0.5, 0.6) is 0 Å². The molecule has 2 atom stereocenters. The van der Waals surface area contributed by atoms with Gasteiger partial charge in [0.15, 0.2) is 0 Å². The average molecular weight is 298 g/mol. The van der Waals surface area contributed by atoms with Crippen LogP contribution in [0.15, 0.2) is 0 Å². The van der Waals surface area contributed by atoms with Crippen molar-refractivity contribution in [3.05, 3.63) is 0 Å². The van der Waals surface area contributed by atoms with Gasteiger partial charge >= 0.3 is 0 Å². The topological polar surface area (TPSA) is 70.8 Å². The third kappa shape index (κ3) is 4.39. The van der Waals surface area contributed by atoms with Gasteiger partial charge in [-0.25, -0.2) is 0 Å². The Labute approximate surface area is 128 Å². The summed E-state index contributed by atoms with van der Waals surface area (Å²) < 4.78 is 5.42. The number of morpholine rings is 1. The first kappa shape index (κ1) is 16.7. The minimum atomic E-state index is -0.591. The van der Waals surface area contributed by atoms with Gasteiger partial charge in [0.1, 0.15) is 0 Å². The highest BCUT2D eigenvalue weighted by molar-refractivity contribution is 5.84. The molecule has 0 spiro atoms. The number of nitrogens with zero attached hydrogens (tertiary/aromatic N) is 2. The number of hydrogen-bond donors (Lipinski definition) is 2. The molecule has 0 aromatic heterocycles. The number of carbonyl (C=O) groups excluding carboxylic acids is 1. The Bertz CT molecular complexity index is 347. The molecule has 2 unspecified atom stereocenters. The number of nitrogens with one attached hydrogen (secondary N) is 1. The van der Waals surface area contributed by atoms with Crippen LogP contribution in [0.1, 0.15) is 26.7 Å². The van der Waals surface area contributed by atoms with E-state index in [1.165, 1.54) is 6.42 Å². The number of likely N-dealkylation sites (tertiary alicyclic amines) is 1. The summed E-state index contributed by atoms with van der Waals surface area (Å²) in [6, 6.07) is 0.646. The highest BCUT2D eigenvalue weighted by Crippen LogP contribution is 2.19. The van der Waals surface area contributed by atoms with Crippen molar-refractivity contribution in [1.29, 1.82) is 0 Å². The third-order valence-electron chi connectivity index (χ3n) is 4.85. The number of amides is 1. The first-order valence-electron chi connectivity index (χ1n) is 8.14. The van der Waals surface area contributed by atoms with Crippen LogP contribution in [-0.4, -0.2) is 79.8 Å². The van der Waals surface area contributed by atoms with Gasteiger partial charge in [-0.15, -0.1) is 0 Å². The van der Waals surface area contributed by atoms with Crippen LogP contribution in [0.3, 0.4) is 0 Å². The summed E-state index contributed by atoms with van der Waals surface area (Å²) in [7, 11) is 0. The highest BCUT2D eigenvalue weighted by atomic mass is 16.5. The van der Waals surface area contributed by atoms with Gasteiger partial charge in [-0.2, -0.15) is 0 Å². The van der Waals surface area contributed by atoms with Crippen molar-refractivity contribution in [1.82, 2.24) is 15.1 Å². The molecule has 6 heteroatoms. The Balaban J connectivity index is 1.78. The largest absolute Gasteiger partial charge is 0.379 e. The van der Waals surface area contributed by atoms with E-state index < -0.39 is 5.54 Å². The lowest BCUT2D eigenvalue weighted by Gasteiger charge is -2.32. The number of primary amides is 1. The number of likely N-dealkylation sites (N-methyl/N-ethyl adjacent to an activating group) is 1. The van der Waals surface area contributed by atoms with E-state index in [1.54, 1.807) is 0 Å². The number of ether oxygens (including phenoxy) is 1. The molecule has 6 nitrogen and oxygen atoms in total. The number of rotatable bonds is 7. The van der Waals surface area contributed by atoms with E-state index in [0.29, 0.717) is 6.04 Å². The fourth-order valence-electron chi connectivity index (χ4n) is 3.33. The monoisotopic (exact) mass is 298 g/mol. The molecule has 0 saturated carbocycles. The van der Waals surface area contributed by atoms with Gasteiger partial charge in [0.25, 0.3) is 0 Å². The normalized spacial score (nSPS) is 27.6. The van der Waals surface area contributed by atoms with Crippen molar-refractivity contribution in [2.75, 3.05) is 52.5 Å². The van der Waals surface area contributed by atoms with Crippen LogP contribution in [0.2, 0.25) is 0 Å². The van der Waals surface area contributed by atoms with Crippen LogP contribution in [0.25, 0.3) is 0 Å². The molecule has 0 radical (unpaired) electrons. The molecule has 0 aliphatic carbocycles. The van der Waals surface area contributed by atoms with Crippen LogP contribution >= 0.6 is 0 Å². The summed E-state index contributed by atoms with van der Waals surface area (Å²) in [6.07, 6.45) is 1.99. The van der Waals surface area contributed by atoms with Gasteiger partial charge < -0.3 is 20.7 Å². The van der Waals surface area contributed by atoms with Crippen LogP contribution in [0, 0.1) is 0 Å². The summed E-state index contributed by atoms with van der Waals surface area (Å²) in [6.45, 7) is 11.6. The number of nitrogens with two attached hydrogens (primary N) is 1. The quantitative estimate of drug-likeness (QED) is 0.671. The maximum absolute atomic E-state index is 11.6. The second-order valence-corrected chi connectivity index (χ2v) is 6.37. The van der Waals surface area contributed by atoms with Crippen LogP contribution in [-0.2, 0) is 9.53 Å². The molecule has 21 heavy (non-hydrogen) atoms. The summed E-state index contributed by atoms with van der Waals surface area (Å²) in [5.41, 5.74) is 4.95. The van der Waals surface area contributed by atoms with Gasteiger partial charge in [0.05, 0.1) is 18.8 Å². The van der Waals surface area contributed by atoms with E-state index in [0.717, 1.165) is 58.9 Å². The maximum Gasteiger partial charge on any atom is 0.237 e. The van der Waals surface area contributed by atoms with E-state index in [1.807, 2.05) is 13.8 Å². The van der Waals surface area contributed by atoms with E-state index >= 15 is 0 Å². The SMILES string of the molecule is CCNC(C)(CCN1CCC(N2CCOCC2)C1)C(N)=O. The second-order valence-electron chi connectivity index (χ2n) is 6.37. The van der Waals surface area contributed by atoms with Crippen molar-refractivity contribution in [3.63, 3.8) is 0 Å². The zero-order valence-electron chi connectivity index (χ0n) is 13.4. The van der Waals surface area contributed by atoms with E-state index in [-0.39, 0.29) is 5.91 Å². The van der Waals surface area contributed by atoms with E-state index in [4.69, 9.17) is 10.5 Å². The van der Waals surface area contributed by atoms with Crippen molar-refractivity contribution in [2.24, 2.45) is 5.73 Å². The third-order valence-corrected chi connectivity index (χ3v) is 4.85. The molecule has 2 aliphatic rings.